The van der Waals surface area contributed by atoms with Crippen molar-refractivity contribution in [2.75, 3.05) is 38.2 Å². The molecule has 1 fully saturated rings. The first kappa shape index (κ1) is 19.8. The highest BCUT2D eigenvalue weighted by molar-refractivity contribution is 7.13. The molecule has 0 saturated carbocycles. The highest BCUT2D eigenvalue weighted by atomic mass is 32.1. The number of ether oxygens (including phenoxy) is 1. The van der Waals surface area contributed by atoms with E-state index in [1.807, 2.05) is 24.3 Å². The van der Waals surface area contributed by atoms with Crippen LogP contribution < -0.4 is 10.2 Å². The maximum atomic E-state index is 12.4. The van der Waals surface area contributed by atoms with E-state index in [1.54, 1.807) is 11.3 Å². The third-order valence-electron chi connectivity index (χ3n) is 5.17. The lowest BCUT2D eigenvalue weighted by atomic mass is 10.0. The van der Waals surface area contributed by atoms with Crippen LogP contribution in [-0.4, -0.2) is 43.7 Å². The molecule has 1 aliphatic rings. The van der Waals surface area contributed by atoms with Crippen molar-refractivity contribution in [1.82, 2.24) is 4.98 Å². The topological polar surface area (TPSA) is 55.7 Å². The number of quaternary nitrogens is 1. The number of morpholine rings is 1. The van der Waals surface area contributed by atoms with Gasteiger partial charge in [-0.1, -0.05) is 35.9 Å². The number of nitrogens with zero attached hydrogens (tertiary/aromatic N) is 1. The van der Waals surface area contributed by atoms with Crippen molar-refractivity contribution >= 4 is 22.9 Å². The maximum Gasteiger partial charge on any atom is 0.279 e. The zero-order valence-electron chi connectivity index (χ0n) is 16.8. The van der Waals surface area contributed by atoms with Gasteiger partial charge in [-0.15, -0.1) is 11.3 Å². The van der Waals surface area contributed by atoms with E-state index < -0.39 is 0 Å². The van der Waals surface area contributed by atoms with E-state index in [2.05, 4.69) is 42.7 Å². The first-order valence-corrected chi connectivity index (χ1v) is 10.8. The predicted molar refractivity (Wildman–Crippen MR) is 117 cm³/mol. The summed E-state index contributed by atoms with van der Waals surface area (Å²) in [5.74, 6) is 0.0363. The monoisotopic (exact) mass is 408 g/mol. The van der Waals surface area contributed by atoms with Crippen LogP contribution in [0.4, 0.5) is 5.69 Å². The Morgan fingerprint density at radius 2 is 2.00 bits per heavy atom. The molecule has 1 aliphatic heterocycles. The van der Waals surface area contributed by atoms with E-state index in [4.69, 9.17) is 9.72 Å². The molecule has 3 aromatic rings. The summed E-state index contributed by atoms with van der Waals surface area (Å²) in [4.78, 5) is 18.5. The zero-order chi connectivity index (χ0) is 20.2. The van der Waals surface area contributed by atoms with E-state index in [1.165, 1.54) is 16.0 Å². The number of carbonyl (C=O) groups excluding carboxylic acids is 1. The van der Waals surface area contributed by atoms with Gasteiger partial charge >= 0.3 is 0 Å². The van der Waals surface area contributed by atoms with Crippen LogP contribution in [0.15, 0.2) is 47.8 Å². The van der Waals surface area contributed by atoms with Crippen LogP contribution in [0.5, 0.6) is 0 Å². The molecule has 0 bridgehead atoms. The SMILES string of the molecule is Cc1ccc(-c2csc(-c3cccc(NC(=O)C[NH+]4CCOCC4)c3)n2)c(C)c1. The average Bonchev–Trinajstić information content (AvgIpc) is 3.19. The summed E-state index contributed by atoms with van der Waals surface area (Å²) in [5, 5.41) is 6.08. The van der Waals surface area contributed by atoms with Crippen molar-refractivity contribution in [1.29, 1.82) is 0 Å². The van der Waals surface area contributed by atoms with E-state index in [-0.39, 0.29) is 5.91 Å². The molecule has 2 aromatic carbocycles. The molecule has 2 heterocycles. The minimum Gasteiger partial charge on any atom is -0.370 e. The van der Waals surface area contributed by atoms with Gasteiger partial charge in [-0.2, -0.15) is 0 Å². The Bertz CT molecular complexity index is 1010. The van der Waals surface area contributed by atoms with E-state index in [0.29, 0.717) is 6.54 Å². The molecule has 29 heavy (non-hydrogen) atoms. The molecule has 1 saturated heterocycles. The Balaban J connectivity index is 1.47. The van der Waals surface area contributed by atoms with Gasteiger partial charge in [0.15, 0.2) is 6.54 Å². The number of rotatable bonds is 5. The van der Waals surface area contributed by atoms with Gasteiger partial charge in [-0.25, -0.2) is 4.98 Å². The minimum atomic E-state index is 0.0363. The van der Waals surface area contributed by atoms with Crippen LogP contribution in [0.1, 0.15) is 11.1 Å². The van der Waals surface area contributed by atoms with Crippen LogP contribution >= 0.6 is 11.3 Å². The van der Waals surface area contributed by atoms with Gasteiger partial charge in [0.1, 0.15) is 18.1 Å². The number of hydrogen-bond acceptors (Lipinski definition) is 4. The zero-order valence-corrected chi connectivity index (χ0v) is 17.6. The van der Waals surface area contributed by atoms with E-state index >= 15 is 0 Å². The number of benzene rings is 2. The molecular weight excluding hydrogens is 382 g/mol. The minimum absolute atomic E-state index is 0.0363. The average molecular weight is 409 g/mol. The number of anilines is 1. The molecule has 150 valence electrons. The quantitative estimate of drug-likeness (QED) is 0.683. The molecule has 4 rings (SSSR count). The second-order valence-corrected chi connectivity index (χ2v) is 8.38. The Hall–Kier alpha value is -2.54. The fourth-order valence-corrected chi connectivity index (χ4v) is 4.45. The van der Waals surface area contributed by atoms with Crippen molar-refractivity contribution < 1.29 is 14.4 Å². The standard InChI is InChI=1S/C23H25N3O2S/c1-16-6-7-20(17(2)12-16)21-15-29-23(25-21)18-4-3-5-19(13-18)24-22(27)14-26-8-10-28-11-9-26/h3-7,12-13,15H,8-11,14H2,1-2H3,(H,24,27)/p+1. The van der Waals surface area contributed by atoms with Crippen molar-refractivity contribution in [2.45, 2.75) is 13.8 Å². The Morgan fingerprint density at radius 3 is 2.79 bits per heavy atom. The predicted octanol–water partition coefficient (Wildman–Crippen LogP) is 2.95. The van der Waals surface area contributed by atoms with E-state index in [9.17, 15) is 4.79 Å². The van der Waals surface area contributed by atoms with E-state index in [0.717, 1.165) is 53.8 Å². The summed E-state index contributed by atoms with van der Waals surface area (Å²) in [6, 6.07) is 14.4. The molecule has 0 atom stereocenters. The van der Waals surface area contributed by atoms with Gasteiger partial charge in [0.25, 0.3) is 5.91 Å². The van der Waals surface area contributed by atoms with Crippen molar-refractivity contribution in [2.24, 2.45) is 0 Å². The summed E-state index contributed by atoms with van der Waals surface area (Å²) in [7, 11) is 0. The van der Waals surface area contributed by atoms with Gasteiger partial charge in [0.05, 0.1) is 18.9 Å². The number of hydrogen-bond donors (Lipinski definition) is 2. The fraction of sp³-hybridized carbons (Fsp3) is 0.304. The maximum absolute atomic E-state index is 12.4. The summed E-state index contributed by atoms with van der Waals surface area (Å²) >= 11 is 1.62. The molecule has 2 N–H and O–H groups in total. The first-order valence-electron chi connectivity index (χ1n) is 9.93. The van der Waals surface area contributed by atoms with Crippen LogP contribution in [0.25, 0.3) is 21.8 Å². The molecule has 0 unspecified atom stereocenters. The summed E-state index contributed by atoms with van der Waals surface area (Å²) < 4.78 is 5.35. The molecule has 1 amide bonds. The second-order valence-electron chi connectivity index (χ2n) is 7.52. The molecule has 5 nitrogen and oxygen atoms in total. The molecule has 0 spiro atoms. The molecule has 6 heteroatoms. The van der Waals surface area contributed by atoms with Gasteiger partial charge in [-0.3, -0.25) is 4.79 Å². The Kier molecular flexibility index (Phi) is 6.04. The Morgan fingerprint density at radius 1 is 1.17 bits per heavy atom. The number of nitrogens with one attached hydrogen (secondary N) is 2. The summed E-state index contributed by atoms with van der Waals surface area (Å²) in [6.07, 6.45) is 0. The number of amides is 1. The lowest BCUT2D eigenvalue weighted by Crippen LogP contribution is -3.15. The lowest BCUT2D eigenvalue weighted by molar-refractivity contribution is -0.899. The largest absolute Gasteiger partial charge is 0.370 e. The van der Waals surface area contributed by atoms with Crippen molar-refractivity contribution in [3.05, 3.63) is 59.0 Å². The van der Waals surface area contributed by atoms with Crippen molar-refractivity contribution in [3.63, 3.8) is 0 Å². The molecular formula is C23H26N3O2S+. The lowest BCUT2D eigenvalue weighted by Gasteiger charge is -2.23. The number of thiazole rings is 1. The van der Waals surface area contributed by atoms with Crippen LogP contribution in [0, 0.1) is 13.8 Å². The number of aryl methyl sites for hydroxylation is 2. The van der Waals surface area contributed by atoms with Gasteiger partial charge in [0, 0.05) is 22.2 Å². The first-order chi connectivity index (χ1) is 14.1. The Labute approximate surface area is 175 Å². The summed E-state index contributed by atoms with van der Waals surface area (Å²) in [5.41, 5.74) is 6.47. The second kappa shape index (κ2) is 8.86. The highest BCUT2D eigenvalue weighted by Gasteiger charge is 2.18. The van der Waals surface area contributed by atoms with Gasteiger partial charge in [0.2, 0.25) is 0 Å². The van der Waals surface area contributed by atoms with Crippen LogP contribution in [-0.2, 0) is 9.53 Å². The summed E-state index contributed by atoms with van der Waals surface area (Å²) in [6.45, 7) is 7.91. The van der Waals surface area contributed by atoms with Crippen LogP contribution in [0.2, 0.25) is 0 Å². The number of carbonyl (C=O) groups is 1. The van der Waals surface area contributed by atoms with Crippen LogP contribution in [0.3, 0.4) is 0 Å². The van der Waals surface area contributed by atoms with Gasteiger partial charge in [-0.05, 0) is 31.5 Å². The molecule has 1 aromatic heterocycles. The smallest absolute Gasteiger partial charge is 0.279 e. The number of aromatic nitrogens is 1. The van der Waals surface area contributed by atoms with Crippen molar-refractivity contribution in [3.8, 4) is 21.8 Å². The normalized spacial score (nSPS) is 14.7. The van der Waals surface area contributed by atoms with Gasteiger partial charge < -0.3 is 15.0 Å². The molecule has 0 aliphatic carbocycles. The highest BCUT2D eigenvalue weighted by Crippen LogP contribution is 2.31. The molecule has 0 radical (unpaired) electrons. The third-order valence-corrected chi connectivity index (χ3v) is 6.06. The fourth-order valence-electron chi connectivity index (χ4n) is 3.63. The third kappa shape index (κ3) is 4.90.